The van der Waals surface area contributed by atoms with Crippen LogP contribution in [0.4, 0.5) is 10.3 Å². The van der Waals surface area contributed by atoms with E-state index in [1.54, 1.807) is 12.1 Å². The second-order valence-corrected chi connectivity index (χ2v) is 6.02. The lowest BCUT2D eigenvalue weighted by atomic mass is 9.93. The molecule has 0 aliphatic carbocycles. The third kappa shape index (κ3) is 2.68. The van der Waals surface area contributed by atoms with E-state index in [0.717, 1.165) is 17.5 Å². The molecule has 2 heterocycles. The van der Waals surface area contributed by atoms with E-state index in [0.29, 0.717) is 11.0 Å². The summed E-state index contributed by atoms with van der Waals surface area (Å²) in [5.41, 5.74) is 2.15. The second kappa shape index (κ2) is 5.66. The van der Waals surface area contributed by atoms with Gasteiger partial charge in [0.05, 0.1) is 12.1 Å². The first-order valence-electron chi connectivity index (χ1n) is 7.38. The van der Waals surface area contributed by atoms with E-state index in [1.165, 1.54) is 18.5 Å². The van der Waals surface area contributed by atoms with Crippen molar-refractivity contribution in [1.29, 1.82) is 0 Å². The molecule has 0 fully saturated rings. The Morgan fingerprint density at radius 1 is 1.04 bits per heavy atom. The molecule has 2 atom stereocenters. The van der Waals surface area contributed by atoms with Crippen molar-refractivity contribution in [3.8, 4) is 0 Å². The summed E-state index contributed by atoms with van der Waals surface area (Å²) >= 11 is 5.97. The van der Waals surface area contributed by atoms with Crippen molar-refractivity contribution in [2.24, 2.45) is 0 Å². The van der Waals surface area contributed by atoms with Crippen LogP contribution >= 0.6 is 11.6 Å². The normalized spacial score (nSPS) is 19.9. The molecule has 0 radical (unpaired) electrons. The molecular weight excluding hydrogens is 315 g/mol. The molecule has 0 amide bonds. The molecule has 0 bridgehead atoms. The van der Waals surface area contributed by atoms with Crippen molar-refractivity contribution < 1.29 is 4.39 Å². The van der Waals surface area contributed by atoms with Gasteiger partial charge in [0.2, 0.25) is 5.95 Å². The third-order valence-electron chi connectivity index (χ3n) is 4.16. The van der Waals surface area contributed by atoms with Gasteiger partial charge in [-0.3, -0.25) is 0 Å². The van der Waals surface area contributed by atoms with Crippen LogP contribution < -0.4 is 5.32 Å². The Bertz CT molecular complexity index is 813. The first-order valence-corrected chi connectivity index (χ1v) is 7.75. The zero-order valence-electron chi connectivity index (χ0n) is 12.2. The molecule has 3 aromatic rings. The lowest BCUT2D eigenvalue weighted by Crippen LogP contribution is -2.28. The summed E-state index contributed by atoms with van der Waals surface area (Å²) in [6.45, 7) is 0. The van der Waals surface area contributed by atoms with Crippen LogP contribution in [0.5, 0.6) is 0 Å². The van der Waals surface area contributed by atoms with Crippen LogP contribution in [0.15, 0.2) is 54.9 Å². The first-order chi connectivity index (χ1) is 11.2. The molecule has 4 rings (SSSR count). The highest BCUT2D eigenvalue weighted by Gasteiger charge is 2.29. The molecule has 4 nitrogen and oxygen atoms in total. The maximum atomic E-state index is 13.2. The van der Waals surface area contributed by atoms with Crippen molar-refractivity contribution in [2.45, 2.75) is 18.5 Å². The smallest absolute Gasteiger partial charge is 0.222 e. The van der Waals surface area contributed by atoms with E-state index in [-0.39, 0.29) is 17.9 Å². The SMILES string of the molecule is Fc1ccc([C@H]2C[C@H](c3ccc(Cl)cc3)Nc3ncnn32)cc1. The molecule has 0 spiro atoms. The molecule has 116 valence electrons. The highest BCUT2D eigenvalue weighted by atomic mass is 35.5. The first kappa shape index (κ1) is 14.2. The largest absolute Gasteiger partial charge is 0.348 e. The summed E-state index contributed by atoms with van der Waals surface area (Å²) in [7, 11) is 0. The fraction of sp³-hybridized carbons (Fsp3) is 0.176. The summed E-state index contributed by atoms with van der Waals surface area (Å²) in [5.74, 6) is 0.473. The zero-order chi connectivity index (χ0) is 15.8. The molecule has 1 aliphatic heterocycles. The Balaban J connectivity index is 1.71. The Labute approximate surface area is 137 Å². The number of rotatable bonds is 2. The van der Waals surface area contributed by atoms with E-state index < -0.39 is 0 Å². The number of nitrogens with one attached hydrogen (secondary N) is 1. The summed E-state index contributed by atoms with van der Waals surface area (Å²) in [6.07, 6.45) is 2.33. The third-order valence-corrected chi connectivity index (χ3v) is 4.41. The van der Waals surface area contributed by atoms with Crippen LogP contribution in [0.2, 0.25) is 5.02 Å². The number of fused-ring (bicyclic) bond motifs is 1. The summed E-state index contributed by atoms with van der Waals surface area (Å²) in [4.78, 5) is 4.28. The zero-order valence-corrected chi connectivity index (χ0v) is 12.9. The monoisotopic (exact) mass is 328 g/mol. The van der Waals surface area contributed by atoms with Crippen LogP contribution in [0, 0.1) is 5.82 Å². The molecule has 1 N–H and O–H groups in total. The van der Waals surface area contributed by atoms with Gasteiger partial charge in [0.25, 0.3) is 0 Å². The van der Waals surface area contributed by atoms with Gasteiger partial charge in [0.15, 0.2) is 0 Å². The number of hydrogen-bond acceptors (Lipinski definition) is 3. The maximum absolute atomic E-state index is 13.2. The minimum atomic E-state index is -0.240. The van der Waals surface area contributed by atoms with Crippen molar-refractivity contribution in [3.63, 3.8) is 0 Å². The minimum absolute atomic E-state index is 0.00929. The molecule has 0 unspecified atom stereocenters. The van der Waals surface area contributed by atoms with E-state index in [4.69, 9.17) is 11.6 Å². The van der Waals surface area contributed by atoms with Crippen LogP contribution in [0.25, 0.3) is 0 Å². The standard InChI is InChI=1S/C17H14ClFN4/c18-13-5-1-11(2-6-13)15-9-16(12-3-7-14(19)8-4-12)23-17(22-15)20-10-21-23/h1-8,10,15-16H,9H2,(H,20,21,22)/t15-,16-/m1/s1. The number of benzene rings is 2. The molecule has 0 saturated heterocycles. The average molecular weight is 329 g/mol. The van der Waals surface area contributed by atoms with Gasteiger partial charge in [-0.1, -0.05) is 35.9 Å². The molecule has 1 aliphatic rings. The average Bonchev–Trinajstić information content (AvgIpc) is 3.04. The van der Waals surface area contributed by atoms with Gasteiger partial charge in [0.1, 0.15) is 12.1 Å². The molecule has 23 heavy (non-hydrogen) atoms. The molecular formula is C17H14ClFN4. The van der Waals surface area contributed by atoms with E-state index in [9.17, 15) is 4.39 Å². The fourth-order valence-electron chi connectivity index (χ4n) is 3.00. The van der Waals surface area contributed by atoms with Crippen LogP contribution in [0.1, 0.15) is 29.6 Å². The Morgan fingerprint density at radius 3 is 2.48 bits per heavy atom. The van der Waals surface area contributed by atoms with Gasteiger partial charge in [-0.15, -0.1) is 0 Å². The van der Waals surface area contributed by atoms with E-state index in [1.807, 2.05) is 28.9 Å². The Hall–Kier alpha value is -2.40. The summed E-state index contributed by atoms with van der Waals surface area (Å²) < 4.78 is 15.1. The predicted octanol–water partition coefficient (Wildman–Crippen LogP) is 4.22. The van der Waals surface area contributed by atoms with Gasteiger partial charge in [-0.25, -0.2) is 9.07 Å². The number of aromatic nitrogens is 3. The molecule has 2 aromatic carbocycles. The second-order valence-electron chi connectivity index (χ2n) is 5.58. The molecule has 0 saturated carbocycles. The quantitative estimate of drug-likeness (QED) is 0.766. The number of halogens is 2. The minimum Gasteiger partial charge on any atom is -0.348 e. The Kier molecular flexibility index (Phi) is 3.50. The van der Waals surface area contributed by atoms with Gasteiger partial charge in [-0.05, 0) is 41.8 Å². The summed E-state index contributed by atoms with van der Waals surface area (Å²) in [5, 5.41) is 8.41. The van der Waals surface area contributed by atoms with Crippen molar-refractivity contribution in [1.82, 2.24) is 14.8 Å². The lowest BCUT2D eigenvalue weighted by molar-refractivity contribution is 0.430. The van der Waals surface area contributed by atoms with E-state index in [2.05, 4.69) is 15.4 Å². The molecule has 6 heteroatoms. The van der Waals surface area contributed by atoms with E-state index >= 15 is 0 Å². The highest BCUT2D eigenvalue weighted by Crippen LogP contribution is 2.37. The van der Waals surface area contributed by atoms with Crippen molar-refractivity contribution in [3.05, 3.63) is 76.8 Å². The topological polar surface area (TPSA) is 42.7 Å². The maximum Gasteiger partial charge on any atom is 0.222 e. The summed E-state index contributed by atoms with van der Waals surface area (Å²) in [6, 6.07) is 14.4. The fourth-order valence-corrected chi connectivity index (χ4v) is 3.12. The molecule has 1 aromatic heterocycles. The van der Waals surface area contributed by atoms with Crippen LogP contribution in [-0.4, -0.2) is 14.8 Å². The van der Waals surface area contributed by atoms with Crippen molar-refractivity contribution in [2.75, 3.05) is 5.32 Å². The van der Waals surface area contributed by atoms with Gasteiger partial charge in [-0.2, -0.15) is 10.1 Å². The van der Waals surface area contributed by atoms with Gasteiger partial charge in [0, 0.05) is 5.02 Å². The predicted molar refractivity (Wildman–Crippen MR) is 87.0 cm³/mol. The number of nitrogens with zero attached hydrogens (tertiary/aromatic N) is 3. The van der Waals surface area contributed by atoms with Crippen molar-refractivity contribution >= 4 is 17.5 Å². The van der Waals surface area contributed by atoms with Crippen LogP contribution in [-0.2, 0) is 0 Å². The van der Waals surface area contributed by atoms with Gasteiger partial charge >= 0.3 is 0 Å². The van der Waals surface area contributed by atoms with Gasteiger partial charge < -0.3 is 5.32 Å². The Morgan fingerprint density at radius 2 is 1.74 bits per heavy atom. The number of anilines is 1. The number of hydrogen-bond donors (Lipinski definition) is 1. The highest BCUT2D eigenvalue weighted by molar-refractivity contribution is 6.30. The lowest BCUT2D eigenvalue weighted by Gasteiger charge is -2.31. The van der Waals surface area contributed by atoms with Crippen LogP contribution in [0.3, 0.4) is 0 Å².